The first-order valence-corrected chi connectivity index (χ1v) is 11.3. The van der Waals surface area contributed by atoms with Crippen LogP contribution >= 0.6 is 23.1 Å². The number of amides is 3. The van der Waals surface area contributed by atoms with Gasteiger partial charge in [-0.25, -0.2) is 4.98 Å². The van der Waals surface area contributed by atoms with Crippen molar-refractivity contribution in [2.45, 2.75) is 52.0 Å². The Balaban J connectivity index is 1.81. The van der Waals surface area contributed by atoms with Gasteiger partial charge in [-0.2, -0.15) is 11.8 Å². The molecule has 3 atom stereocenters. The SMILES string of the molecule is CSCC[C@H](C(=O)Nc1nc(C)c(C)s1)N1C(=O)[C@@H]2CCCC[C@H]2C1=O. The van der Waals surface area contributed by atoms with Gasteiger partial charge in [0.2, 0.25) is 17.7 Å². The summed E-state index contributed by atoms with van der Waals surface area (Å²) in [5, 5.41) is 3.35. The average molecular weight is 396 g/mol. The normalized spacial score (nSPS) is 23.9. The van der Waals surface area contributed by atoms with E-state index >= 15 is 0 Å². The predicted octanol–water partition coefficient (Wildman–Crippen LogP) is 3.00. The Morgan fingerprint density at radius 3 is 2.38 bits per heavy atom. The Hall–Kier alpha value is -1.41. The molecule has 1 saturated carbocycles. The summed E-state index contributed by atoms with van der Waals surface area (Å²) in [6, 6.07) is -0.752. The van der Waals surface area contributed by atoms with E-state index in [0.29, 0.717) is 17.3 Å². The third-order valence-electron chi connectivity index (χ3n) is 5.34. The largest absolute Gasteiger partial charge is 0.300 e. The van der Waals surface area contributed by atoms with Gasteiger partial charge in [-0.3, -0.25) is 19.3 Å². The fourth-order valence-electron chi connectivity index (χ4n) is 3.82. The molecule has 0 radical (unpaired) electrons. The number of nitrogens with zero attached hydrogens (tertiary/aromatic N) is 2. The van der Waals surface area contributed by atoms with Gasteiger partial charge in [0.1, 0.15) is 6.04 Å². The van der Waals surface area contributed by atoms with Crippen molar-refractivity contribution in [2.75, 3.05) is 17.3 Å². The van der Waals surface area contributed by atoms with Gasteiger partial charge in [0, 0.05) is 4.88 Å². The monoisotopic (exact) mass is 395 g/mol. The zero-order valence-electron chi connectivity index (χ0n) is 15.4. The highest BCUT2D eigenvalue weighted by molar-refractivity contribution is 7.98. The van der Waals surface area contributed by atoms with Crippen LogP contribution in [0.1, 0.15) is 42.7 Å². The molecule has 26 heavy (non-hydrogen) atoms. The highest BCUT2D eigenvalue weighted by Gasteiger charge is 2.51. The number of carbonyl (C=O) groups is 3. The fourth-order valence-corrected chi connectivity index (χ4v) is 5.09. The molecule has 3 amide bonds. The molecule has 6 nitrogen and oxygen atoms in total. The summed E-state index contributed by atoms with van der Waals surface area (Å²) >= 11 is 3.02. The number of nitrogens with one attached hydrogen (secondary N) is 1. The molecule has 2 heterocycles. The van der Waals surface area contributed by atoms with Crippen LogP contribution in [0.3, 0.4) is 0 Å². The minimum Gasteiger partial charge on any atom is -0.300 e. The van der Waals surface area contributed by atoms with Crippen LogP contribution in [0.15, 0.2) is 0 Å². The average Bonchev–Trinajstić information content (AvgIpc) is 3.06. The summed E-state index contributed by atoms with van der Waals surface area (Å²) in [5.74, 6) is -0.385. The maximum atomic E-state index is 12.9. The van der Waals surface area contributed by atoms with E-state index in [9.17, 15) is 14.4 Å². The van der Waals surface area contributed by atoms with Crippen molar-refractivity contribution in [3.05, 3.63) is 10.6 Å². The summed E-state index contributed by atoms with van der Waals surface area (Å²) in [7, 11) is 0. The van der Waals surface area contributed by atoms with Gasteiger partial charge < -0.3 is 5.32 Å². The van der Waals surface area contributed by atoms with Crippen LogP contribution in [-0.2, 0) is 14.4 Å². The van der Waals surface area contributed by atoms with Crippen LogP contribution < -0.4 is 5.32 Å². The molecule has 1 aromatic rings. The van der Waals surface area contributed by atoms with Gasteiger partial charge in [0.15, 0.2) is 5.13 Å². The van der Waals surface area contributed by atoms with E-state index in [1.54, 1.807) is 11.8 Å². The van der Waals surface area contributed by atoms with Crippen molar-refractivity contribution < 1.29 is 14.4 Å². The van der Waals surface area contributed by atoms with E-state index in [4.69, 9.17) is 0 Å². The maximum Gasteiger partial charge on any atom is 0.249 e. The predicted molar refractivity (Wildman–Crippen MR) is 104 cm³/mol. The Kier molecular flexibility index (Phi) is 6.02. The third kappa shape index (κ3) is 3.67. The number of anilines is 1. The molecule has 1 saturated heterocycles. The summed E-state index contributed by atoms with van der Waals surface area (Å²) in [6.07, 6.45) is 5.89. The van der Waals surface area contributed by atoms with E-state index in [2.05, 4.69) is 10.3 Å². The molecular formula is C18H25N3O3S2. The number of aromatic nitrogens is 1. The van der Waals surface area contributed by atoms with Crippen LogP contribution in [0.4, 0.5) is 5.13 Å². The Morgan fingerprint density at radius 2 is 1.88 bits per heavy atom. The number of carbonyl (C=O) groups excluding carboxylic acids is 3. The highest BCUT2D eigenvalue weighted by Crippen LogP contribution is 2.39. The number of thiazole rings is 1. The number of rotatable bonds is 6. The molecule has 0 bridgehead atoms. The number of hydrogen-bond donors (Lipinski definition) is 1. The second kappa shape index (κ2) is 8.08. The van der Waals surface area contributed by atoms with Gasteiger partial charge in [0.25, 0.3) is 0 Å². The summed E-state index contributed by atoms with van der Waals surface area (Å²) in [5.41, 5.74) is 0.880. The van der Waals surface area contributed by atoms with E-state index in [1.165, 1.54) is 16.2 Å². The molecule has 0 unspecified atom stereocenters. The first kappa shape index (κ1) is 19.4. The molecule has 142 valence electrons. The second-order valence-corrected chi connectivity index (χ2v) is 9.18. The molecule has 2 fully saturated rings. The van der Waals surface area contributed by atoms with Crippen molar-refractivity contribution in [3.63, 3.8) is 0 Å². The van der Waals surface area contributed by atoms with Crippen LogP contribution in [0.2, 0.25) is 0 Å². The standard InChI is InChI=1S/C18H25N3O3S2/c1-10-11(2)26-18(19-10)20-15(22)14(8-9-25-3)21-16(23)12-6-4-5-7-13(12)17(21)24/h12-14H,4-9H2,1-3H3,(H,19,20,22)/t12-,13-,14-/m1/s1. The molecule has 8 heteroatoms. The van der Waals surface area contributed by atoms with E-state index < -0.39 is 6.04 Å². The molecule has 2 aliphatic rings. The second-order valence-electron chi connectivity index (χ2n) is 6.99. The van der Waals surface area contributed by atoms with E-state index in [0.717, 1.165) is 36.3 Å². The Morgan fingerprint density at radius 1 is 1.27 bits per heavy atom. The number of fused-ring (bicyclic) bond motifs is 1. The van der Waals surface area contributed by atoms with Crippen molar-refractivity contribution in [1.29, 1.82) is 0 Å². The van der Waals surface area contributed by atoms with Gasteiger partial charge in [-0.05, 0) is 45.1 Å². The molecular weight excluding hydrogens is 370 g/mol. The lowest BCUT2D eigenvalue weighted by atomic mass is 9.81. The van der Waals surface area contributed by atoms with Crippen LogP contribution in [0.5, 0.6) is 0 Å². The van der Waals surface area contributed by atoms with Crippen molar-refractivity contribution >= 4 is 46.0 Å². The van der Waals surface area contributed by atoms with Gasteiger partial charge in [0.05, 0.1) is 17.5 Å². The number of aryl methyl sites for hydroxylation is 2. The third-order valence-corrected chi connectivity index (χ3v) is 6.98. The zero-order chi connectivity index (χ0) is 18.8. The summed E-state index contributed by atoms with van der Waals surface area (Å²) < 4.78 is 0. The van der Waals surface area contributed by atoms with Crippen LogP contribution in [0.25, 0.3) is 0 Å². The zero-order valence-corrected chi connectivity index (χ0v) is 17.0. The first-order valence-electron chi connectivity index (χ1n) is 9.04. The van der Waals surface area contributed by atoms with Gasteiger partial charge in [-0.15, -0.1) is 11.3 Å². The molecule has 1 aliphatic carbocycles. The molecule has 1 aliphatic heterocycles. The maximum absolute atomic E-state index is 12.9. The smallest absolute Gasteiger partial charge is 0.249 e. The van der Waals surface area contributed by atoms with Crippen LogP contribution in [-0.4, -0.2) is 45.7 Å². The van der Waals surface area contributed by atoms with Gasteiger partial charge >= 0.3 is 0 Å². The van der Waals surface area contributed by atoms with Crippen molar-refractivity contribution in [2.24, 2.45) is 11.8 Å². The van der Waals surface area contributed by atoms with E-state index in [-0.39, 0.29) is 29.6 Å². The molecule has 3 rings (SSSR count). The van der Waals surface area contributed by atoms with E-state index in [1.807, 2.05) is 20.1 Å². The first-order chi connectivity index (χ1) is 12.4. The van der Waals surface area contributed by atoms with Gasteiger partial charge in [-0.1, -0.05) is 12.8 Å². The van der Waals surface area contributed by atoms with Crippen molar-refractivity contribution in [1.82, 2.24) is 9.88 Å². The lowest BCUT2D eigenvalue weighted by Gasteiger charge is -2.25. The Labute approximate surface area is 162 Å². The highest BCUT2D eigenvalue weighted by atomic mass is 32.2. The number of thioether (sulfide) groups is 1. The molecule has 0 spiro atoms. The minimum absolute atomic E-state index is 0.160. The molecule has 1 aromatic heterocycles. The lowest BCUT2D eigenvalue weighted by molar-refractivity contribution is -0.146. The molecule has 1 N–H and O–H groups in total. The quantitative estimate of drug-likeness (QED) is 0.749. The molecule has 0 aromatic carbocycles. The topological polar surface area (TPSA) is 79.4 Å². The minimum atomic E-state index is -0.752. The Bertz CT molecular complexity index is 675. The van der Waals surface area contributed by atoms with Crippen molar-refractivity contribution in [3.8, 4) is 0 Å². The number of imide groups is 1. The summed E-state index contributed by atoms with van der Waals surface area (Å²) in [4.78, 5) is 45.3. The summed E-state index contributed by atoms with van der Waals surface area (Å²) in [6.45, 7) is 3.84. The lowest BCUT2D eigenvalue weighted by Crippen LogP contribution is -2.48. The number of likely N-dealkylation sites (tertiary alicyclic amines) is 1. The van der Waals surface area contributed by atoms with Crippen LogP contribution in [0, 0.1) is 25.7 Å². The fraction of sp³-hybridized carbons (Fsp3) is 0.667. The number of hydrogen-bond acceptors (Lipinski definition) is 6.